The van der Waals surface area contributed by atoms with E-state index < -0.39 is 5.54 Å². The first-order valence-electron chi connectivity index (χ1n) is 6.12. The molecule has 2 rings (SSSR count). The van der Waals surface area contributed by atoms with Gasteiger partial charge in [0.2, 0.25) is 5.91 Å². The van der Waals surface area contributed by atoms with E-state index in [2.05, 4.69) is 10.4 Å². The summed E-state index contributed by atoms with van der Waals surface area (Å²) in [4.78, 5) is 11.6. The summed E-state index contributed by atoms with van der Waals surface area (Å²) in [5, 5.41) is 8.68. The van der Waals surface area contributed by atoms with Crippen molar-refractivity contribution in [1.82, 2.24) is 15.1 Å². The molecule has 0 bridgehead atoms. The SMILES string of the molecule is Cc1cc(SCC(C)(NC2CC2)C(N)=O)n(C)n1. The number of hydrogen-bond acceptors (Lipinski definition) is 4. The highest BCUT2D eigenvalue weighted by molar-refractivity contribution is 7.99. The number of carbonyl (C=O) groups is 1. The molecule has 6 heteroatoms. The molecule has 1 aliphatic carbocycles. The number of primary amides is 1. The predicted octanol–water partition coefficient (Wildman–Crippen LogP) is 0.817. The van der Waals surface area contributed by atoms with Gasteiger partial charge in [-0.25, -0.2) is 0 Å². The number of rotatable bonds is 6. The van der Waals surface area contributed by atoms with E-state index in [9.17, 15) is 4.79 Å². The van der Waals surface area contributed by atoms with Crippen molar-refractivity contribution in [2.45, 2.75) is 43.3 Å². The molecule has 100 valence electrons. The second kappa shape index (κ2) is 4.93. The number of hydrogen-bond donors (Lipinski definition) is 2. The number of carbonyl (C=O) groups excluding carboxylic acids is 1. The van der Waals surface area contributed by atoms with Crippen molar-refractivity contribution in [3.05, 3.63) is 11.8 Å². The average molecular weight is 268 g/mol. The van der Waals surface area contributed by atoms with Gasteiger partial charge in [0.1, 0.15) is 5.54 Å². The summed E-state index contributed by atoms with van der Waals surface area (Å²) in [6.07, 6.45) is 2.27. The maximum absolute atomic E-state index is 11.6. The van der Waals surface area contributed by atoms with Crippen LogP contribution in [0.3, 0.4) is 0 Å². The van der Waals surface area contributed by atoms with Crippen LogP contribution in [0, 0.1) is 6.92 Å². The molecule has 3 N–H and O–H groups in total. The van der Waals surface area contributed by atoms with E-state index in [1.54, 1.807) is 11.8 Å². The molecule has 18 heavy (non-hydrogen) atoms. The van der Waals surface area contributed by atoms with Crippen molar-refractivity contribution < 1.29 is 4.79 Å². The topological polar surface area (TPSA) is 72.9 Å². The van der Waals surface area contributed by atoms with Crippen LogP contribution in [0.25, 0.3) is 0 Å². The lowest BCUT2D eigenvalue weighted by molar-refractivity contribution is -0.123. The van der Waals surface area contributed by atoms with Gasteiger partial charge in [0.05, 0.1) is 10.7 Å². The first kappa shape index (κ1) is 13.4. The van der Waals surface area contributed by atoms with Crippen LogP contribution in [0.15, 0.2) is 11.1 Å². The van der Waals surface area contributed by atoms with Crippen LogP contribution in [0.2, 0.25) is 0 Å². The normalized spacial score (nSPS) is 18.6. The van der Waals surface area contributed by atoms with Gasteiger partial charge in [-0.3, -0.25) is 9.48 Å². The van der Waals surface area contributed by atoms with Crippen LogP contribution in [0.1, 0.15) is 25.5 Å². The van der Waals surface area contributed by atoms with E-state index in [1.165, 1.54) is 0 Å². The Bertz CT molecular complexity index is 455. The van der Waals surface area contributed by atoms with Crippen LogP contribution in [0.5, 0.6) is 0 Å². The van der Waals surface area contributed by atoms with Crippen molar-refractivity contribution in [3.8, 4) is 0 Å². The van der Waals surface area contributed by atoms with Crippen LogP contribution in [0.4, 0.5) is 0 Å². The van der Waals surface area contributed by atoms with Crippen molar-refractivity contribution in [2.75, 3.05) is 5.75 Å². The molecule has 0 saturated heterocycles. The first-order chi connectivity index (χ1) is 8.40. The third-order valence-corrected chi connectivity index (χ3v) is 4.51. The van der Waals surface area contributed by atoms with Gasteiger partial charge in [-0.05, 0) is 32.8 Å². The molecule has 0 aromatic carbocycles. The molecule has 1 amide bonds. The molecule has 0 aliphatic heterocycles. The second-order valence-corrected chi connectivity index (χ2v) is 6.15. The standard InChI is InChI=1S/C12H20N4OS/c1-8-6-10(16(3)15-8)18-7-12(2,11(13)17)14-9-4-5-9/h6,9,14H,4-5,7H2,1-3H3,(H2,13,17). The van der Waals surface area contributed by atoms with Crippen molar-refractivity contribution in [1.29, 1.82) is 0 Å². The summed E-state index contributed by atoms with van der Waals surface area (Å²) < 4.78 is 1.83. The number of aromatic nitrogens is 2. The minimum Gasteiger partial charge on any atom is -0.368 e. The minimum absolute atomic E-state index is 0.291. The van der Waals surface area contributed by atoms with Gasteiger partial charge in [-0.15, -0.1) is 11.8 Å². The van der Waals surface area contributed by atoms with Crippen molar-refractivity contribution >= 4 is 17.7 Å². The summed E-state index contributed by atoms with van der Waals surface area (Å²) in [5.41, 5.74) is 5.85. The van der Waals surface area contributed by atoms with Gasteiger partial charge in [-0.2, -0.15) is 5.10 Å². The average Bonchev–Trinajstić information content (AvgIpc) is 3.01. The first-order valence-corrected chi connectivity index (χ1v) is 7.10. The monoisotopic (exact) mass is 268 g/mol. The van der Waals surface area contributed by atoms with Gasteiger partial charge < -0.3 is 11.1 Å². The number of thioether (sulfide) groups is 1. The Labute approximate surface area is 111 Å². The quantitative estimate of drug-likeness (QED) is 0.749. The molecule has 1 aromatic rings. The van der Waals surface area contributed by atoms with Gasteiger partial charge in [0.25, 0.3) is 0 Å². The Hall–Kier alpha value is -1.01. The highest BCUT2D eigenvalue weighted by atomic mass is 32.2. The zero-order valence-electron chi connectivity index (χ0n) is 11.1. The van der Waals surface area contributed by atoms with E-state index >= 15 is 0 Å². The fourth-order valence-electron chi connectivity index (χ4n) is 1.80. The van der Waals surface area contributed by atoms with E-state index in [1.807, 2.05) is 31.6 Å². The van der Waals surface area contributed by atoms with Crippen LogP contribution in [-0.4, -0.2) is 33.0 Å². The minimum atomic E-state index is -0.649. The van der Waals surface area contributed by atoms with Gasteiger partial charge in [-0.1, -0.05) is 0 Å². The maximum Gasteiger partial charge on any atom is 0.238 e. The number of nitrogens with one attached hydrogen (secondary N) is 1. The summed E-state index contributed by atoms with van der Waals surface area (Å²) in [6, 6.07) is 2.47. The Kier molecular flexibility index (Phi) is 3.68. The highest BCUT2D eigenvalue weighted by Crippen LogP contribution is 2.27. The highest BCUT2D eigenvalue weighted by Gasteiger charge is 2.37. The van der Waals surface area contributed by atoms with E-state index in [-0.39, 0.29) is 5.91 Å². The van der Waals surface area contributed by atoms with Crippen molar-refractivity contribution in [2.24, 2.45) is 12.8 Å². The molecular formula is C12H20N4OS. The van der Waals surface area contributed by atoms with E-state index in [4.69, 9.17) is 5.73 Å². The largest absolute Gasteiger partial charge is 0.368 e. The smallest absolute Gasteiger partial charge is 0.238 e. The molecule has 5 nitrogen and oxygen atoms in total. The lowest BCUT2D eigenvalue weighted by Gasteiger charge is -2.27. The molecule has 1 unspecified atom stereocenters. The van der Waals surface area contributed by atoms with Gasteiger partial charge in [0, 0.05) is 18.8 Å². The third kappa shape index (κ3) is 3.05. The molecular weight excluding hydrogens is 248 g/mol. The molecule has 1 atom stereocenters. The maximum atomic E-state index is 11.6. The number of nitrogens with two attached hydrogens (primary N) is 1. The molecule has 0 spiro atoms. The predicted molar refractivity (Wildman–Crippen MR) is 72.4 cm³/mol. The third-order valence-electron chi connectivity index (χ3n) is 3.11. The van der Waals surface area contributed by atoms with Crippen LogP contribution in [-0.2, 0) is 11.8 Å². The van der Waals surface area contributed by atoms with Crippen molar-refractivity contribution in [3.63, 3.8) is 0 Å². The van der Waals surface area contributed by atoms with Crippen LogP contribution >= 0.6 is 11.8 Å². The summed E-state index contributed by atoms with van der Waals surface area (Å²) in [6.45, 7) is 3.84. The molecule has 1 saturated carbocycles. The lowest BCUT2D eigenvalue weighted by atomic mass is 10.1. The molecule has 0 radical (unpaired) electrons. The Morgan fingerprint density at radius 3 is 2.83 bits per heavy atom. The lowest BCUT2D eigenvalue weighted by Crippen LogP contribution is -2.55. The zero-order valence-corrected chi connectivity index (χ0v) is 11.9. The number of aryl methyl sites for hydroxylation is 2. The molecule has 1 heterocycles. The van der Waals surface area contributed by atoms with E-state index in [0.717, 1.165) is 23.6 Å². The second-order valence-electron chi connectivity index (χ2n) is 5.15. The summed E-state index contributed by atoms with van der Waals surface area (Å²) in [7, 11) is 1.91. The van der Waals surface area contributed by atoms with E-state index in [0.29, 0.717) is 11.8 Å². The van der Waals surface area contributed by atoms with Gasteiger partial charge >= 0.3 is 0 Å². The van der Waals surface area contributed by atoms with Gasteiger partial charge in [0.15, 0.2) is 0 Å². The fraction of sp³-hybridized carbons (Fsp3) is 0.667. The Morgan fingerprint density at radius 2 is 2.39 bits per heavy atom. The summed E-state index contributed by atoms with van der Waals surface area (Å²) >= 11 is 1.61. The Balaban J connectivity index is 2.00. The molecule has 1 fully saturated rings. The fourth-order valence-corrected chi connectivity index (χ4v) is 2.95. The number of nitrogens with zero attached hydrogens (tertiary/aromatic N) is 2. The Morgan fingerprint density at radius 1 is 1.72 bits per heavy atom. The van der Waals surface area contributed by atoms with Crippen LogP contribution < -0.4 is 11.1 Å². The number of amides is 1. The summed E-state index contributed by atoms with van der Waals surface area (Å²) in [5.74, 6) is 0.332. The zero-order chi connectivity index (χ0) is 13.3. The molecule has 1 aromatic heterocycles. The molecule has 1 aliphatic rings.